The number of benzene rings is 1. The fourth-order valence-electron chi connectivity index (χ4n) is 1.78. The monoisotopic (exact) mass is 205 g/mol. The first kappa shape index (κ1) is 12.1. The molecule has 2 unspecified atom stereocenters. The van der Waals surface area contributed by atoms with E-state index in [1.54, 1.807) is 0 Å². The molecule has 0 radical (unpaired) electrons. The highest BCUT2D eigenvalue weighted by molar-refractivity contribution is 5.50. The maximum Gasteiger partial charge on any atom is 0.0349 e. The predicted molar refractivity (Wildman–Crippen MR) is 68.3 cm³/mol. The lowest BCUT2D eigenvalue weighted by Gasteiger charge is -2.16. The lowest BCUT2D eigenvalue weighted by molar-refractivity contribution is 0.713. The summed E-state index contributed by atoms with van der Waals surface area (Å²) in [6.45, 7) is 8.95. The summed E-state index contributed by atoms with van der Waals surface area (Å²) in [6, 6.07) is 6.51. The lowest BCUT2D eigenvalue weighted by atomic mass is 9.90. The summed E-state index contributed by atoms with van der Waals surface area (Å²) in [5.41, 5.74) is 9.68. The Hall–Kier alpha value is -0.980. The van der Waals surface area contributed by atoms with E-state index >= 15 is 0 Å². The van der Waals surface area contributed by atoms with Gasteiger partial charge in [-0.2, -0.15) is 0 Å². The van der Waals surface area contributed by atoms with Crippen molar-refractivity contribution in [2.24, 2.45) is 0 Å². The molecule has 1 heteroatoms. The van der Waals surface area contributed by atoms with Gasteiger partial charge in [0.1, 0.15) is 0 Å². The van der Waals surface area contributed by atoms with Crippen molar-refractivity contribution in [1.82, 2.24) is 0 Å². The van der Waals surface area contributed by atoms with Crippen LogP contribution in [0.15, 0.2) is 18.2 Å². The zero-order chi connectivity index (χ0) is 11.4. The smallest absolute Gasteiger partial charge is 0.0349 e. The topological polar surface area (TPSA) is 26.0 Å². The van der Waals surface area contributed by atoms with Crippen LogP contribution in [0.2, 0.25) is 0 Å². The van der Waals surface area contributed by atoms with Gasteiger partial charge in [0.15, 0.2) is 0 Å². The van der Waals surface area contributed by atoms with Crippen molar-refractivity contribution < 1.29 is 0 Å². The van der Waals surface area contributed by atoms with E-state index in [-0.39, 0.29) is 0 Å². The Labute approximate surface area is 93.7 Å². The normalized spacial score (nSPS) is 14.9. The maximum atomic E-state index is 6.01. The SMILES string of the molecule is CCC(C)c1ccc(N)c(C(C)CC)c1. The van der Waals surface area contributed by atoms with E-state index in [1.165, 1.54) is 17.5 Å². The van der Waals surface area contributed by atoms with E-state index < -0.39 is 0 Å². The first-order valence-corrected chi connectivity index (χ1v) is 5.99. The number of anilines is 1. The highest BCUT2D eigenvalue weighted by Crippen LogP contribution is 2.29. The molecule has 0 saturated carbocycles. The van der Waals surface area contributed by atoms with E-state index in [2.05, 4.69) is 45.9 Å². The van der Waals surface area contributed by atoms with Crippen LogP contribution < -0.4 is 5.73 Å². The Morgan fingerprint density at radius 1 is 1.07 bits per heavy atom. The molecule has 84 valence electrons. The predicted octanol–water partition coefficient (Wildman–Crippen LogP) is 4.30. The van der Waals surface area contributed by atoms with Crippen LogP contribution in [0.1, 0.15) is 63.5 Å². The third-order valence-electron chi connectivity index (χ3n) is 3.44. The van der Waals surface area contributed by atoms with Gasteiger partial charge in [-0.25, -0.2) is 0 Å². The minimum Gasteiger partial charge on any atom is -0.398 e. The van der Waals surface area contributed by atoms with Crippen molar-refractivity contribution in [3.63, 3.8) is 0 Å². The average Bonchev–Trinajstić information content (AvgIpc) is 2.27. The Morgan fingerprint density at radius 2 is 1.67 bits per heavy atom. The summed E-state index contributed by atoms with van der Waals surface area (Å²) >= 11 is 0. The molecule has 0 spiro atoms. The molecule has 0 heterocycles. The molecule has 1 rings (SSSR count). The van der Waals surface area contributed by atoms with Gasteiger partial charge in [0.05, 0.1) is 0 Å². The van der Waals surface area contributed by atoms with E-state index in [9.17, 15) is 0 Å². The van der Waals surface area contributed by atoms with Crippen LogP contribution in [0.3, 0.4) is 0 Å². The summed E-state index contributed by atoms with van der Waals surface area (Å²) in [6.07, 6.45) is 2.33. The molecule has 0 aliphatic rings. The molecular formula is C14H23N. The minimum atomic E-state index is 0.564. The Balaban J connectivity index is 3.05. The molecule has 0 aliphatic heterocycles. The standard InChI is InChI=1S/C14H23N/c1-5-10(3)12-7-8-14(15)13(9-12)11(4)6-2/h7-11H,5-6,15H2,1-4H3. The van der Waals surface area contributed by atoms with Crippen LogP contribution in [0.4, 0.5) is 5.69 Å². The second-order valence-corrected chi connectivity index (χ2v) is 4.51. The molecule has 2 atom stereocenters. The molecule has 2 N–H and O–H groups in total. The first-order chi connectivity index (χ1) is 7.10. The summed E-state index contributed by atoms with van der Waals surface area (Å²) in [7, 11) is 0. The van der Waals surface area contributed by atoms with Crippen LogP contribution >= 0.6 is 0 Å². The van der Waals surface area contributed by atoms with Crippen LogP contribution in [0, 0.1) is 0 Å². The van der Waals surface area contributed by atoms with Crippen molar-refractivity contribution in [1.29, 1.82) is 0 Å². The van der Waals surface area contributed by atoms with Crippen molar-refractivity contribution in [3.05, 3.63) is 29.3 Å². The van der Waals surface area contributed by atoms with Crippen LogP contribution in [0.5, 0.6) is 0 Å². The minimum absolute atomic E-state index is 0.564. The molecule has 1 aromatic carbocycles. The quantitative estimate of drug-likeness (QED) is 0.729. The fraction of sp³-hybridized carbons (Fsp3) is 0.571. The van der Waals surface area contributed by atoms with Gasteiger partial charge in [0, 0.05) is 5.69 Å². The number of hydrogen-bond donors (Lipinski definition) is 1. The second-order valence-electron chi connectivity index (χ2n) is 4.51. The van der Waals surface area contributed by atoms with E-state index in [4.69, 9.17) is 5.73 Å². The van der Waals surface area contributed by atoms with Crippen LogP contribution in [-0.4, -0.2) is 0 Å². The van der Waals surface area contributed by atoms with E-state index in [0.29, 0.717) is 11.8 Å². The Kier molecular flexibility index (Phi) is 4.19. The molecule has 1 aromatic rings. The van der Waals surface area contributed by atoms with Crippen molar-refractivity contribution in [2.45, 2.75) is 52.4 Å². The summed E-state index contributed by atoms with van der Waals surface area (Å²) < 4.78 is 0. The number of hydrogen-bond acceptors (Lipinski definition) is 1. The molecule has 0 aliphatic carbocycles. The zero-order valence-corrected chi connectivity index (χ0v) is 10.4. The molecule has 0 bridgehead atoms. The fourth-order valence-corrected chi connectivity index (χ4v) is 1.78. The first-order valence-electron chi connectivity index (χ1n) is 5.99. The zero-order valence-electron chi connectivity index (χ0n) is 10.4. The van der Waals surface area contributed by atoms with Crippen molar-refractivity contribution in [3.8, 4) is 0 Å². The number of nitrogen functional groups attached to an aromatic ring is 1. The molecule has 1 nitrogen and oxygen atoms in total. The molecule has 15 heavy (non-hydrogen) atoms. The molecule has 0 saturated heterocycles. The lowest BCUT2D eigenvalue weighted by Crippen LogP contribution is -2.01. The van der Waals surface area contributed by atoms with Gasteiger partial charge >= 0.3 is 0 Å². The molecule has 0 aromatic heterocycles. The number of nitrogens with two attached hydrogens (primary N) is 1. The summed E-state index contributed by atoms with van der Waals surface area (Å²) in [5.74, 6) is 1.20. The van der Waals surface area contributed by atoms with Gasteiger partial charge in [-0.15, -0.1) is 0 Å². The average molecular weight is 205 g/mol. The summed E-state index contributed by atoms with van der Waals surface area (Å²) in [4.78, 5) is 0. The van der Waals surface area contributed by atoms with Crippen LogP contribution in [0.25, 0.3) is 0 Å². The second kappa shape index (κ2) is 5.20. The third-order valence-corrected chi connectivity index (χ3v) is 3.44. The summed E-state index contributed by atoms with van der Waals surface area (Å²) in [5, 5.41) is 0. The molecular weight excluding hydrogens is 182 g/mol. The largest absolute Gasteiger partial charge is 0.398 e. The van der Waals surface area contributed by atoms with Gasteiger partial charge in [-0.1, -0.05) is 39.8 Å². The van der Waals surface area contributed by atoms with Crippen molar-refractivity contribution >= 4 is 5.69 Å². The Bertz CT molecular complexity index is 317. The van der Waals surface area contributed by atoms with E-state index in [1.807, 2.05) is 0 Å². The Morgan fingerprint density at radius 3 is 2.20 bits per heavy atom. The number of rotatable bonds is 4. The van der Waals surface area contributed by atoms with Crippen molar-refractivity contribution in [2.75, 3.05) is 5.73 Å². The van der Waals surface area contributed by atoms with E-state index in [0.717, 1.165) is 12.1 Å². The molecule has 0 fully saturated rings. The van der Waals surface area contributed by atoms with Crippen LogP contribution in [-0.2, 0) is 0 Å². The van der Waals surface area contributed by atoms with Gasteiger partial charge in [-0.05, 0) is 41.9 Å². The van der Waals surface area contributed by atoms with Gasteiger partial charge in [0.25, 0.3) is 0 Å². The van der Waals surface area contributed by atoms with Gasteiger partial charge in [0.2, 0.25) is 0 Å². The van der Waals surface area contributed by atoms with Gasteiger partial charge < -0.3 is 5.73 Å². The third kappa shape index (κ3) is 2.74. The van der Waals surface area contributed by atoms with Gasteiger partial charge in [-0.3, -0.25) is 0 Å². The maximum absolute atomic E-state index is 6.01. The molecule has 0 amide bonds. The highest BCUT2D eigenvalue weighted by atomic mass is 14.6. The highest BCUT2D eigenvalue weighted by Gasteiger charge is 2.10.